The van der Waals surface area contributed by atoms with E-state index in [9.17, 15) is 24.0 Å². The largest absolute Gasteiger partial charge is 0.356 e. The summed E-state index contributed by atoms with van der Waals surface area (Å²) in [6.07, 6.45) is 16.2. The number of unbranched alkanes of at least 4 members (excludes halogenated alkanes) is 8. The lowest BCUT2D eigenvalue weighted by Crippen LogP contribution is -2.51. The van der Waals surface area contributed by atoms with Crippen molar-refractivity contribution >= 4 is 29.4 Å². The van der Waals surface area contributed by atoms with E-state index in [1.54, 1.807) is 7.05 Å². The Morgan fingerprint density at radius 3 is 1.48 bits per heavy atom. The number of carbonyl (C=O) groups is 5. The minimum absolute atomic E-state index is 0.000101. The quantitative estimate of drug-likeness (QED) is 0.0560. The fourth-order valence-electron chi connectivity index (χ4n) is 5.83. The van der Waals surface area contributed by atoms with Crippen molar-refractivity contribution < 1.29 is 24.0 Å². The fraction of sp³-hybridized carbons (Fsp3) is 0.868. The van der Waals surface area contributed by atoms with Gasteiger partial charge in [-0.05, 0) is 71.8 Å². The summed E-state index contributed by atoms with van der Waals surface area (Å²) < 4.78 is 0. The number of hydrogen-bond acceptors (Lipinski definition) is 6. The van der Waals surface area contributed by atoms with Crippen LogP contribution >= 0.6 is 0 Å². The highest BCUT2D eigenvalue weighted by Crippen LogP contribution is 2.13. The van der Waals surface area contributed by atoms with Gasteiger partial charge in [-0.3, -0.25) is 24.0 Å². The molecule has 0 rings (SSSR count). The van der Waals surface area contributed by atoms with Gasteiger partial charge in [0.2, 0.25) is 23.6 Å². The van der Waals surface area contributed by atoms with Crippen LogP contribution in [0.5, 0.6) is 0 Å². The monoisotopic (exact) mass is 680 g/mol. The second kappa shape index (κ2) is 29.4. The average molecular weight is 680 g/mol. The molecule has 0 saturated heterocycles. The molecular weight excluding hydrogens is 606 g/mol. The standard InChI is InChI=1S/C38H73N5O5/c1-8-11-14-21-29(4)35(45)40-26-19-17-23-32(28-31(6)44)42-38(48)34(43-36(46)30(5)22-15-12-9-2)25-18-20-27-41-37(47)33(39-7)24-16-13-10-3/h29-30,32-34,39H,8-28H2,1-7H3,(H,40,45)(H,41,47)(H,42,48)(H,43,46). The Balaban J connectivity index is 5.14. The molecule has 0 heterocycles. The molecule has 0 bridgehead atoms. The molecule has 5 atom stereocenters. The van der Waals surface area contributed by atoms with Gasteiger partial charge >= 0.3 is 0 Å². The summed E-state index contributed by atoms with van der Waals surface area (Å²) in [6, 6.07) is -1.27. The molecule has 5 N–H and O–H groups in total. The van der Waals surface area contributed by atoms with E-state index in [2.05, 4.69) is 47.4 Å². The van der Waals surface area contributed by atoms with E-state index in [1.807, 2.05) is 13.8 Å². The molecule has 10 heteroatoms. The maximum absolute atomic E-state index is 13.6. The molecule has 0 aromatic rings. The van der Waals surface area contributed by atoms with Crippen LogP contribution in [0.3, 0.4) is 0 Å². The molecule has 0 aromatic heterocycles. The van der Waals surface area contributed by atoms with Gasteiger partial charge < -0.3 is 26.6 Å². The lowest BCUT2D eigenvalue weighted by atomic mass is 10.00. The van der Waals surface area contributed by atoms with Crippen molar-refractivity contribution in [3.8, 4) is 0 Å². The van der Waals surface area contributed by atoms with Crippen molar-refractivity contribution in [2.75, 3.05) is 20.1 Å². The van der Waals surface area contributed by atoms with Gasteiger partial charge in [-0.1, -0.05) is 92.4 Å². The number of hydrogen-bond donors (Lipinski definition) is 5. The predicted octanol–water partition coefficient (Wildman–Crippen LogP) is 6.11. The van der Waals surface area contributed by atoms with Crippen molar-refractivity contribution in [2.45, 2.75) is 182 Å². The Labute approximate surface area is 293 Å². The zero-order valence-corrected chi connectivity index (χ0v) is 31.8. The summed E-state index contributed by atoms with van der Waals surface area (Å²) in [5.74, 6) is -0.549. The van der Waals surface area contributed by atoms with Crippen molar-refractivity contribution in [3.05, 3.63) is 0 Å². The van der Waals surface area contributed by atoms with Gasteiger partial charge in [0, 0.05) is 37.4 Å². The maximum atomic E-state index is 13.6. The Hall–Kier alpha value is -2.49. The van der Waals surface area contributed by atoms with E-state index in [-0.39, 0.29) is 59.8 Å². The van der Waals surface area contributed by atoms with Crippen molar-refractivity contribution in [2.24, 2.45) is 11.8 Å². The van der Waals surface area contributed by atoms with Crippen molar-refractivity contribution in [3.63, 3.8) is 0 Å². The molecule has 0 aliphatic heterocycles. The molecule has 0 fully saturated rings. The third-order valence-corrected chi connectivity index (χ3v) is 9.15. The van der Waals surface area contributed by atoms with Crippen LogP contribution in [0.25, 0.3) is 0 Å². The Bertz CT molecular complexity index is 899. The van der Waals surface area contributed by atoms with Crippen molar-refractivity contribution in [1.82, 2.24) is 26.6 Å². The van der Waals surface area contributed by atoms with E-state index < -0.39 is 6.04 Å². The lowest BCUT2D eigenvalue weighted by Gasteiger charge is -2.24. The number of nitrogens with one attached hydrogen (secondary N) is 5. The number of carbonyl (C=O) groups excluding carboxylic acids is 5. The zero-order chi connectivity index (χ0) is 36.2. The minimum Gasteiger partial charge on any atom is -0.356 e. The topological polar surface area (TPSA) is 146 Å². The van der Waals surface area contributed by atoms with E-state index >= 15 is 0 Å². The van der Waals surface area contributed by atoms with Gasteiger partial charge in [-0.25, -0.2) is 0 Å². The summed E-state index contributed by atoms with van der Waals surface area (Å²) >= 11 is 0. The van der Waals surface area contributed by atoms with Gasteiger partial charge in [0.25, 0.3) is 0 Å². The van der Waals surface area contributed by atoms with E-state index in [4.69, 9.17) is 0 Å². The summed E-state index contributed by atoms with van der Waals surface area (Å²) in [5.41, 5.74) is 0. The van der Waals surface area contributed by atoms with E-state index in [0.29, 0.717) is 38.8 Å². The second-order valence-electron chi connectivity index (χ2n) is 13.9. The van der Waals surface area contributed by atoms with Crippen LogP contribution < -0.4 is 26.6 Å². The molecule has 5 unspecified atom stereocenters. The third-order valence-electron chi connectivity index (χ3n) is 9.15. The first kappa shape index (κ1) is 45.5. The van der Waals surface area contributed by atoms with E-state index in [0.717, 1.165) is 89.9 Å². The number of likely N-dealkylation sites (N-methyl/N-ethyl adjacent to an activating group) is 1. The molecule has 280 valence electrons. The molecule has 0 spiro atoms. The summed E-state index contributed by atoms with van der Waals surface area (Å²) in [7, 11) is 1.80. The first-order valence-electron chi connectivity index (χ1n) is 19.3. The van der Waals surface area contributed by atoms with Crippen LogP contribution in [0.2, 0.25) is 0 Å². The summed E-state index contributed by atoms with van der Waals surface area (Å²) in [5, 5.41) is 15.2. The van der Waals surface area contributed by atoms with Crippen LogP contribution in [0, 0.1) is 11.8 Å². The van der Waals surface area contributed by atoms with Crippen LogP contribution in [-0.2, 0) is 24.0 Å². The molecule has 0 aliphatic rings. The number of ketones is 1. The Kier molecular flexibility index (Phi) is 27.9. The fourth-order valence-corrected chi connectivity index (χ4v) is 5.83. The number of Topliss-reactive ketones (excluding diaryl/α,β-unsaturated/α-hetero) is 1. The lowest BCUT2D eigenvalue weighted by molar-refractivity contribution is -0.131. The minimum atomic E-state index is -0.719. The Morgan fingerprint density at radius 2 is 0.958 bits per heavy atom. The van der Waals surface area contributed by atoms with Crippen LogP contribution in [0.15, 0.2) is 0 Å². The number of amides is 4. The van der Waals surface area contributed by atoms with E-state index in [1.165, 1.54) is 6.92 Å². The smallest absolute Gasteiger partial charge is 0.242 e. The average Bonchev–Trinajstić information content (AvgIpc) is 3.05. The van der Waals surface area contributed by atoms with Gasteiger partial charge in [0.1, 0.15) is 11.8 Å². The first-order chi connectivity index (χ1) is 23.0. The second-order valence-corrected chi connectivity index (χ2v) is 13.9. The number of rotatable bonds is 31. The highest BCUT2D eigenvalue weighted by atomic mass is 16.2. The maximum Gasteiger partial charge on any atom is 0.242 e. The first-order valence-corrected chi connectivity index (χ1v) is 19.3. The summed E-state index contributed by atoms with van der Waals surface area (Å²) in [4.78, 5) is 63.7. The van der Waals surface area contributed by atoms with Crippen LogP contribution in [-0.4, -0.2) is 67.7 Å². The van der Waals surface area contributed by atoms with Gasteiger partial charge in [-0.15, -0.1) is 0 Å². The molecular formula is C38H73N5O5. The third kappa shape index (κ3) is 23.0. The molecule has 48 heavy (non-hydrogen) atoms. The highest BCUT2D eigenvalue weighted by molar-refractivity contribution is 5.89. The SMILES string of the molecule is CCCCCC(C)C(=O)NCCCCC(CC(C)=O)NC(=O)C(CCCCNC(=O)C(CCCCC)NC)NC(=O)C(C)CCCCC. The molecule has 10 nitrogen and oxygen atoms in total. The summed E-state index contributed by atoms with van der Waals surface area (Å²) in [6.45, 7) is 12.9. The van der Waals surface area contributed by atoms with Crippen LogP contribution in [0.4, 0.5) is 0 Å². The zero-order valence-electron chi connectivity index (χ0n) is 31.8. The molecule has 4 amide bonds. The van der Waals surface area contributed by atoms with Gasteiger partial charge in [-0.2, -0.15) is 0 Å². The van der Waals surface area contributed by atoms with Gasteiger partial charge in [0.05, 0.1) is 6.04 Å². The molecule has 0 radical (unpaired) electrons. The molecule has 0 saturated carbocycles. The predicted molar refractivity (Wildman–Crippen MR) is 196 cm³/mol. The molecule has 0 aromatic carbocycles. The normalized spacial score (nSPS) is 14.3. The van der Waals surface area contributed by atoms with Crippen molar-refractivity contribution in [1.29, 1.82) is 0 Å². The Morgan fingerprint density at radius 1 is 0.500 bits per heavy atom. The highest BCUT2D eigenvalue weighted by Gasteiger charge is 2.26. The van der Waals surface area contributed by atoms with Gasteiger partial charge in [0.15, 0.2) is 0 Å². The van der Waals surface area contributed by atoms with Crippen LogP contribution in [0.1, 0.15) is 164 Å². The molecule has 0 aliphatic carbocycles.